The van der Waals surface area contributed by atoms with Crippen LogP contribution in [-0.4, -0.2) is 31.8 Å². The standard InChI is InChI=1S/C40H38NO6P/c1-26-21-31(45-23-28-13-19-32(48)20-14-28)18-15-29(26)24-46-30-16-11-27(12-17-30)22-38(39(42)44-2)41-40(43)47-25-37-35-9-5-3-7-33(35)34-8-4-6-10-36(34)37/h3-21,37-38H,22-25,48H2,1-2H3,(H,41,43). The summed E-state index contributed by atoms with van der Waals surface area (Å²) in [6.45, 7) is 3.09. The maximum absolute atomic E-state index is 12.9. The van der Waals surface area contributed by atoms with Gasteiger partial charge in [-0.3, -0.25) is 0 Å². The molecule has 0 saturated heterocycles. The first-order valence-corrected chi connectivity index (χ1v) is 16.4. The average molecular weight is 660 g/mol. The number of ether oxygens (including phenoxy) is 4. The van der Waals surface area contributed by atoms with Crippen molar-refractivity contribution in [3.63, 3.8) is 0 Å². The van der Waals surface area contributed by atoms with Crippen molar-refractivity contribution in [3.8, 4) is 22.6 Å². The van der Waals surface area contributed by atoms with E-state index in [-0.39, 0.29) is 18.9 Å². The zero-order chi connectivity index (χ0) is 33.5. The van der Waals surface area contributed by atoms with Gasteiger partial charge in [-0.05, 0) is 81.0 Å². The van der Waals surface area contributed by atoms with Crippen molar-refractivity contribution in [3.05, 3.63) is 149 Å². The molecule has 0 heterocycles. The average Bonchev–Trinajstić information content (AvgIpc) is 3.43. The fourth-order valence-corrected chi connectivity index (χ4v) is 6.13. The fourth-order valence-electron chi connectivity index (χ4n) is 5.94. The van der Waals surface area contributed by atoms with Gasteiger partial charge >= 0.3 is 12.1 Å². The zero-order valence-electron chi connectivity index (χ0n) is 27.0. The van der Waals surface area contributed by atoms with Crippen LogP contribution in [-0.2, 0) is 33.9 Å². The molecule has 0 radical (unpaired) electrons. The number of benzene rings is 5. The van der Waals surface area contributed by atoms with Gasteiger partial charge in [0, 0.05) is 12.3 Å². The second-order valence-corrected chi connectivity index (χ2v) is 12.5. The van der Waals surface area contributed by atoms with E-state index in [0.717, 1.165) is 55.6 Å². The van der Waals surface area contributed by atoms with Crippen molar-refractivity contribution >= 4 is 26.6 Å². The molecule has 0 saturated carbocycles. The maximum atomic E-state index is 12.9. The number of aryl methyl sites for hydroxylation is 1. The van der Waals surface area contributed by atoms with Gasteiger partial charge in [0.15, 0.2) is 0 Å². The van der Waals surface area contributed by atoms with Crippen LogP contribution >= 0.6 is 9.24 Å². The lowest BCUT2D eigenvalue weighted by molar-refractivity contribution is -0.143. The monoisotopic (exact) mass is 659 g/mol. The molecule has 0 spiro atoms. The maximum Gasteiger partial charge on any atom is 0.407 e. The first-order chi connectivity index (χ1) is 23.4. The highest BCUT2D eigenvalue weighted by atomic mass is 31.0. The van der Waals surface area contributed by atoms with Gasteiger partial charge in [0.05, 0.1) is 7.11 Å². The van der Waals surface area contributed by atoms with E-state index in [1.165, 1.54) is 7.11 Å². The van der Waals surface area contributed by atoms with Crippen LogP contribution in [0.3, 0.4) is 0 Å². The molecule has 7 nitrogen and oxygen atoms in total. The van der Waals surface area contributed by atoms with Crippen molar-refractivity contribution in [1.29, 1.82) is 0 Å². The first-order valence-electron chi connectivity index (χ1n) is 15.9. The molecular weight excluding hydrogens is 621 g/mol. The van der Waals surface area contributed by atoms with Crippen LogP contribution in [0.15, 0.2) is 115 Å². The Morgan fingerprint density at radius 2 is 1.35 bits per heavy atom. The molecule has 5 aromatic rings. The van der Waals surface area contributed by atoms with Crippen LogP contribution in [0, 0.1) is 6.92 Å². The number of carbonyl (C=O) groups is 2. The van der Waals surface area contributed by atoms with Gasteiger partial charge in [-0.1, -0.05) is 91.0 Å². The predicted octanol–water partition coefficient (Wildman–Crippen LogP) is 7.28. The van der Waals surface area contributed by atoms with Crippen LogP contribution in [0.2, 0.25) is 0 Å². The van der Waals surface area contributed by atoms with Crippen LogP contribution in [0.4, 0.5) is 4.79 Å². The van der Waals surface area contributed by atoms with Crippen molar-refractivity contribution in [1.82, 2.24) is 5.32 Å². The second kappa shape index (κ2) is 15.2. The summed E-state index contributed by atoms with van der Waals surface area (Å²) in [7, 11) is 3.98. The molecule has 1 aliphatic carbocycles. The Morgan fingerprint density at radius 1 is 0.750 bits per heavy atom. The minimum absolute atomic E-state index is 0.0780. The summed E-state index contributed by atoms with van der Waals surface area (Å²) in [5.41, 5.74) is 8.60. The Bertz CT molecular complexity index is 1840. The number of amides is 1. The number of methoxy groups -OCH3 is 1. The third-order valence-corrected chi connectivity index (χ3v) is 8.96. The van der Waals surface area contributed by atoms with E-state index in [9.17, 15) is 9.59 Å². The Kier molecular flexibility index (Phi) is 10.4. The SMILES string of the molecule is COC(=O)C(Cc1ccc(OCc2ccc(OCc3ccc(P)cc3)cc2C)cc1)NC(=O)OCC1c2ccccc2-c2ccccc21. The highest BCUT2D eigenvalue weighted by molar-refractivity contribution is 7.27. The summed E-state index contributed by atoms with van der Waals surface area (Å²) in [6, 6.07) is 37.0. The predicted molar refractivity (Wildman–Crippen MR) is 190 cm³/mol. The minimum atomic E-state index is -0.911. The Labute approximate surface area is 283 Å². The third kappa shape index (κ3) is 7.87. The summed E-state index contributed by atoms with van der Waals surface area (Å²) in [4.78, 5) is 25.5. The molecule has 1 amide bonds. The molecule has 8 heteroatoms. The molecular formula is C40H38NO6P. The number of carbonyl (C=O) groups excluding carboxylic acids is 2. The lowest BCUT2D eigenvalue weighted by Crippen LogP contribution is -2.43. The van der Waals surface area contributed by atoms with Gasteiger partial charge in [-0.15, -0.1) is 9.24 Å². The summed E-state index contributed by atoms with van der Waals surface area (Å²) in [5, 5.41) is 3.84. The number of nitrogens with one attached hydrogen (secondary N) is 1. The molecule has 2 atom stereocenters. The topological polar surface area (TPSA) is 83.1 Å². The van der Waals surface area contributed by atoms with Crippen molar-refractivity contribution in [2.45, 2.75) is 38.5 Å². The second-order valence-electron chi connectivity index (χ2n) is 11.8. The molecule has 244 valence electrons. The third-order valence-electron chi connectivity index (χ3n) is 8.58. The molecule has 0 fully saturated rings. The summed E-state index contributed by atoms with van der Waals surface area (Å²) < 4.78 is 22.7. The van der Waals surface area contributed by atoms with E-state index in [1.54, 1.807) is 0 Å². The van der Waals surface area contributed by atoms with Gasteiger partial charge < -0.3 is 24.3 Å². The molecule has 0 aromatic heterocycles. The Balaban J connectivity index is 1.01. The number of hydrogen-bond acceptors (Lipinski definition) is 6. The van der Waals surface area contributed by atoms with E-state index in [2.05, 4.69) is 51.0 Å². The molecule has 2 unspecified atom stereocenters. The quantitative estimate of drug-likeness (QED) is 0.112. The zero-order valence-corrected chi connectivity index (χ0v) is 28.1. The van der Waals surface area contributed by atoms with Gasteiger partial charge in [0.2, 0.25) is 0 Å². The van der Waals surface area contributed by atoms with E-state index >= 15 is 0 Å². The highest BCUT2D eigenvalue weighted by Gasteiger charge is 2.30. The van der Waals surface area contributed by atoms with Crippen molar-refractivity contribution in [2.24, 2.45) is 0 Å². The van der Waals surface area contributed by atoms with Crippen molar-refractivity contribution in [2.75, 3.05) is 13.7 Å². The number of rotatable bonds is 12. The van der Waals surface area contributed by atoms with Gasteiger partial charge in [-0.2, -0.15) is 0 Å². The van der Waals surface area contributed by atoms with Crippen LogP contribution in [0.25, 0.3) is 11.1 Å². The van der Waals surface area contributed by atoms with Gasteiger partial charge in [0.1, 0.15) is 37.4 Å². The summed E-state index contributed by atoms with van der Waals surface area (Å²) in [6.07, 6.45) is -0.437. The molecule has 0 aliphatic heterocycles. The molecule has 1 aliphatic rings. The van der Waals surface area contributed by atoms with E-state index in [1.807, 2.05) is 85.8 Å². The van der Waals surface area contributed by atoms with Crippen LogP contribution in [0.1, 0.15) is 39.3 Å². The van der Waals surface area contributed by atoms with Crippen molar-refractivity contribution < 1.29 is 28.5 Å². The molecule has 0 bridgehead atoms. The van der Waals surface area contributed by atoms with Crippen LogP contribution in [0.5, 0.6) is 11.5 Å². The Morgan fingerprint density at radius 3 is 2.00 bits per heavy atom. The Hall–Kier alpha value is -5.13. The first kappa shape index (κ1) is 32.8. The van der Waals surface area contributed by atoms with Gasteiger partial charge in [-0.25, -0.2) is 9.59 Å². The number of alkyl carbamates (subject to hydrolysis) is 1. The van der Waals surface area contributed by atoms with Crippen LogP contribution < -0.4 is 20.1 Å². The number of hydrogen-bond donors (Lipinski definition) is 1. The summed E-state index contributed by atoms with van der Waals surface area (Å²) in [5.74, 6) is 0.869. The lowest BCUT2D eigenvalue weighted by atomic mass is 9.98. The van der Waals surface area contributed by atoms with E-state index < -0.39 is 18.1 Å². The largest absolute Gasteiger partial charge is 0.489 e. The number of fused-ring (bicyclic) bond motifs is 3. The normalized spacial score (nSPS) is 12.4. The summed E-state index contributed by atoms with van der Waals surface area (Å²) >= 11 is 0. The molecule has 6 rings (SSSR count). The fraction of sp³-hybridized carbons (Fsp3) is 0.200. The lowest BCUT2D eigenvalue weighted by Gasteiger charge is -2.19. The van der Waals surface area contributed by atoms with E-state index in [0.29, 0.717) is 19.0 Å². The molecule has 48 heavy (non-hydrogen) atoms. The molecule has 5 aromatic carbocycles. The smallest absolute Gasteiger partial charge is 0.407 e. The highest BCUT2D eigenvalue weighted by Crippen LogP contribution is 2.44. The van der Waals surface area contributed by atoms with Gasteiger partial charge in [0.25, 0.3) is 0 Å². The minimum Gasteiger partial charge on any atom is -0.489 e. The van der Waals surface area contributed by atoms with E-state index in [4.69, 9.17) is 18.9 Å². The molecule has 1 N–H and O–H groups in total. The number of esters is 1.